The lowest BCUT2D eigenvalue weighted by Gasteiger charge is -2.13. The first-order chi connectivity index (χ1) is 24.8. The number of aromatic nitrogens is 5. The highest BCUT2D eigenvalue weighted by Crippen LogP contribution is 2.43. The molecule has 5 heterocycles. The van der Waals surface area contributed by atoms with Crippen LogP contribution in [0.15, 0.2) is 152 Å². The summed E-state index contributed by atoms with van der Waals surface area (Å²) in [6.07, 6.45) is 13.3. The highest BCUT2D eigenvalue weighted by Gasteiger charge is 2.23. The molecular formula is C44H29N5S. The van der Waals surface area contributed by atoms with Crippen molar-refractivity contribution in [3.8, 4) is 22.9 Å². The van der Waals surface area contributed by atoms with Crippen LogP contribution >= 0.6 is 11.3 Å². The third-order valence-corrected chi connectivity index (χ3v) is 11.4. The summed E-state index contributed by atoms with van der Waals surface area (Å²) in [5.74, 6) is 0.657. The first-order valence-corrected chi connectivity index (χ1v) is 17.9. The van der Waals surface area contributed by atoms with Gasteiger partial charge < -0.3 is 9.13 Å². The van der Waals surface area contributed by atoms with Crippen molar-refractivity contribution in [2.75, 3.05) is 0 Å². The summed E-state index contributed by atoms with van der Waals surface area (Å²) in [5, 5.41) is 7.10. The lowest BCUT2D eigenvalue weighted by molar-refractivity contribution is 0.991. The molecule has 5 aromatic heterocycles. The molecule has 0 saturated heterocycles. The van der Waals surface area contributed by atoms with E-state index in [-0.39, 0.29) is 0 Å². The monoisotopic (exact) mass is 659 g/mol. The van der Waals surface area contributed by atoms with Crippen LogP contribution in [0.25, 0.3) is 92.5 Å². The first-order valence-electron chi connectivity index (χ1n) is 17.1. The number of para-hydroxylation sites is 2. The van der Waals surface area contributed by atoms with Crippen LogP contribution in [-0.4, -0.2) is 23.7 Å². The fourth-order valence-electron chi connectivity index (χ4n) is 7.93. The number of fused-ring (bicyclic) bond motifs is 9. The summed E-state index contributed by atoms with van der Waals surface area (Å²) in [6, 6.07) is 43.4. The quantitative estimate of drug-likeness (QED) is 0.189. The van der Waals surface area contributed by atoms with Gasteiger partial charge in [-0.1, -0.05) is 91.0 Å². The molecule has 236 valence electrons. The number of hydrogen-bond donors (Lipinski definition) is 0. The molecule has 50 heavy (non-hydrogen) atoms. The summed E-state index contributed by atoms with van der Waals surface area (Å²) in [7, 11) is 0. The first kappa shape index (κ1) is 27.7. The summed E-state index contributed by atoms with van der Waals surface area (Å²) in [5.41, 5.74) is 8.58. The van der Waals surface area contributed by atoms with Crippen molar-refractivity contribution in [2.45, 2.75) is 12.8 Å². The Morgan fingerprint density at radius 1 is 0.560 bits per heavy atom. The highest BCUT2D eigenvalue weighted by molar-refractivity contribution is 7.26. The van der Waals surface area contributed by atoms with Crippen LogP contribution in [0.3, 0.4) is 0 Å². The molecule has 0 N–H and O–H groups in total. The Balaban J connectivity index is 1.27. The zero-order valence-corrected chi connectivity index (χ0v) is 27.8. The number of rotatable bonds is 4. The van der Waals surface area contributed by atoms with Gasteiger partial charge in [0.25, 0.3) is 0 Å². The van der Waals surface area contributed by atoms with E-state index in [9.17, 15) is 0 Å². The van der Waals surface area contributed by atoms with E-state index in [4.69, 9.17) is 9.97 Å². The fraction of sp³-hybridized carbons (Fsp3) is 0.0455. The molecule has 0 saturated carbocycles. The minimum absolute atomic E-state index is 0.657. The average molecular weight is 660 g/mol. The summed E-state index contributed by atoms with van der Waals surface area (Å²) in [4.78, 5) is 11.0. The molecule has 0 aliphatic heterocycles. The lowest BCUT2D eigenvalue weighted by Crippen LogP contribution is -2.05. The number of allylic oxidation sites excluding steroid dienone is 4. The van der Waals surface area contributed by atoms with E-state index in [1.807, 2.05) is 11.3 Å². The van der Waals surface area contributed by atoms with E-state index in [0.29, 0.717) is 5.95 Å². The van der Waals surface area contributed by atoms with E-state index in [2.05, 4.69) is 166 Å². The van der Waals surface area contributed by atoms with Crippen LogP contribution in [0.5, 0.6) is 0 Å². The third kappa shape index (κ3) is 3.94. The van der Waals surface area contributed by atoms with Gasteiger partial charge in [-0.05, 0) is 61.4 Å². The van der Waals surface area contributed by atoms with Crippen molar-refractivity contribution in [1.29, 1.82) is 0 Å². The maximum atomic E-state index is 5.56. The Bertz CT molecular complexity index is 3040. The van der Waals surface area contributed by atoms with E-state index < -0.39 is 0 Å². The zero-order chi connectivity index (χ0) is 32.8. The van der Waals surface area contributed by atoms with Crippen LogP contribution in [0, 0.1) is 0 Å². The molecule has 0 spiro atoms. The zero-order valence-electron chi connectivity index (χ0n) is 27.0. The molecule has 0 atom stereocenters. The van der Waals surface area contributed by atoms with E-state index in [1.165, 1.54) is 47.5 Å². The van der Waals surface area contributed by atoms with Gasteiger partial charge in [0.2, 0.25) is 5.95 Å². The molecule has 0 amide bonds. The third-order valence-electron chi connectivity index (χ3n) is 10.2. The minimum atomic E-state index is 0.657. The topological polar surface area (TPSA) is 40.6 Å². The van der Waals surface area contributed by atoms with Crippen LogP contribution in [0.2, 0.25) is 0 Å². The smallest absolute Gasteiger partial charge is 0.237 e. The average Bonchev–Trinajstić information content (AvgIpc) is 3.96. The SMILES string of the molecule is C1=CC(n2ccc3c2ccc2c4ccccc4n(-c4nc(-c5cccc6c5sc5ccccc56)c5ccn(-c6ccccc6)c5n4)c23)=CCC1. The van der Waals surface area contributed by atoms with Crippen LogP contribution in [0.1, 0.15) is 12.8 Å². The van der Waals surface area contributed by atoms with Gasteiger partial charge in [-0.15, -0.1) is 11.3 Å². The standard InChI is InChI=1S/C44H29N5S/c1-3-12-28(13-4-1)47-26-24-34-37(47)23-22-32-30-16-7-9-20-38(30)49(41(32)34)44-45-40(36-25-27-48(43(36)46-44)29-14-5-2-6-15-29)35-19-11-18-33-31-17-8-10-21-39(31)50-42(33)35/h2-3,5-27H,1,4H2. The Hall–Kier alpha value is -6.24. The molecule has 11 rings (SSSR count). The minimum Gasteiger partial charge on any atom is -0.317 e. The summed E-state index contributed by atoms with van der Waals surface area (Å²) < 4.78 is 9.31. The summed E-state index contributed by atoms with van der Waals surface area (Å²) >= 11 is 1.83. The molecule has 10 aromatic rings. The molecular weight excluding hydrogens is 631 g/mol. The van der Waals surface area contributed by atoms with Crippen LogP contribution < -0.4 is 0 Å². The van der Waals surface area contributed by atoms with Gasteiger partial charge in [-0.25, -0.2) is 4.98 Å². The highest BCUT2D eigenvalue weighted by atomic mass is 32.1. The van der Waals surface area contributed by atoms with Crippen molar-refractivity contribution in [3.63, 3.8) is 0 Å². The number of nitrogens with zero attached hydrogens (tertiary/aromatic N) is 5. The second-order valence-electron chi connectivity index (χ2n) is 13.0. The molecule has 5 aromatic carbocycles. The van der Waals surface area contributed by atoms with E-state index >= 15 is 0 Å². The number of thiophene rings is 1. The molecule has 5 nitrogen and oxygen atoms in total. The maximum Gasteiger partial charge on any atom is 0.237 e. The Morgan fingerprint density at radius 3 is 2.26 bits per heavy atom. The van der Waals surface area contributed by atoms with Crippen molar-refractivity contribution in [2.24, 2.45) is 0 Å². The fourth-order valence-corrected chi connectivity index (χ4v) is 9.14. The van der Waals surface area contributed by atoms with Gasteiger partial charge in [0.1, 0.15) is 0 Å². The Kier molecular flexibility index (Phi) is 5.89. The largest absolute Gasteiger partial charge is 0.317 e. The molecule has 0 fully saturated rings. The van der Waals surface area contributed by atoms with Gasteiger partial charge in [-0.2, -0.15) is 4.98 Å². The molecule has 6 heteroatoms. The van der Waals surface area contributed by atoms with Gasteiger partial charge in [-0.3, -0.25) is 4.57 Å². The second kappa shape index (κ2) is 10.6. The maximum absolute atomic E-state index is 5.56. The van der Waals surface area contributed by atoms with Crippen molar-refractivity contribution >= 4 is 80.9 Å². The molecule has 1 aliphatic rings. The van der Waals surface area contributed by atoms with Crippen LogP contribution in [-0.2, 0) is 0 Å². The van der Waals surface area contributed by atoms with E-state index in [1.54, 1.807) is 0 Å². The van der Waals surface area contributed by atoms with Crippen molar-refractivity contribution < 1.29 is 0 Å². The Labute approximate surface area is 291 Å². The van der Waals surface area contributed by atoms with Gasteiger partial charge in [0.15, 0.2) is 5.65 Å². The molecule has 0 unspecified atom stereocenters. The van der Waals surface area contributed by atoms with Crippen molar-refractivity contribution in [1.82, 2.24) is 23.7 Å². The molecule has 0 bridgehead atoms. The lowest BCUT2D eigenvalue weighted by atomic mass is 10.1. The normalized spacial score (nSPS) is 13.5. The van der Waals surface area contributed by atoms with Crippen LogP contribution in [0.4, 0.5) is 0 Å². The van der Waals surface area contributed by atoms with E-state index in [0.717, 1.165) is 51.9 Å². The summed E-state index contributed by atoms with van der Waals surface area (Å²) in [6.45, 7) is 0. The number of benzene rings is 5. The number of hydrogen-bond acceptors (Lipinski definition) is 3. The van der Waals surface area contributed by atoms with Crippen molar-refractivity contribution in [3.05, 3.63) is 152 Å². The predicted octanol–water partition coefficient (Wildman–Crippen LogP) is 11.7. The Morgan fingerprint density at radius 2 is 1.36 bits per heavy atom. The predicted molar refractivity (Wildman–Crippen MR) is 210 cm³/mol. The van der Waals surface area contributed by atoms with Gasteiger partial charge >= 0.3 is 0 Å². The molecule has 0 radical (unpaired) electrons. The van der Waals surface area contributed by atoms with Gasteiger partial charge in [0.05, 0.1) is 22.2 Å². The second-order valence-corrected chi connectivity index (χ2v) is 14.0. The molecule has 1 aliphatic carbocycles. The van der Waals surface area contributed by atoms with Gasteiger partial charge in [0, 0.05) is 71.1 Å².